The highest BCUT2D eigenvalue weighted by Crippen LogP contribution is 2.24. The maximum absolute atomic E-state index is 12.6. The molecule has 0 unspecified atom stereocenters. The standard InChI is InChI=1S/C19H17ClN2O4S2/c1-27-16-7-5-14(6-8-16)22-19(23)13-4-9-17(20)18(11-13)28(24,25)21-12-15-3-2-10-26-15/h2-11,21H,12H2,1H3,(H,22,23). The van der Waals surface area contributed by atoms with Crippen LogP contribution in [0.15, 0.2) is 75.1 Å². The molecule has 0 spiro atoms. The lowest BCUT2D eigenvalue weighted by molar-refractivity contribution is 0.102. The second-order valence-electron chi connectivity index (χ2n) is 5.73. The predicted octanol–water partition coefficient (Wildman–Crippen LogP) is 4.39. The number of carbonyl (C=O) groups is 1. The number of furan rings is 1. The van der Waals surface area contributed by atoms with E-state index >= 15 is 0 Å². The highest BCUT2D eigenvalue weighted by molar-refractivity contribution is 7.98. The third-order valence-corrected chi connectivity index (χ3v) is 6.47. The van der Waals surface area contributed by atoms with Gasteiger partial charge in [-0.3, -0.25) is 4.79 Å². The molecule has 28 heavy (non-hydrogen) atoms. The molecule has 3 aromatic rings. The number of benzene rings is 2. The van der Waals surface area contributed by atoms with E-state index in [9.17, 15) is 13.2 Å². The molecule has 2 N–H and O–H groups in total. The zero-order valence-electron chi connectivity index (χ0n) is 14.8. The Morgan fingerprint density at radius 3 is 2.54 bits per heavy atom. The van der Waals surface area contributed by atoms with Crippen LogP contribution >= 0.6 is 23.4 Å². The van der Waals surface area contributed by atoms with Gasteiger partial charge in [0, 0.05) is 16.1 Å². The number of halogens is 1. The Labute approximate surface area is 172 Å². The van der Waals surface area contributed by atoms with E-state index in [1.165, 1.54) is 24.5 Å². The number of anilines is 1. The van der Waals surface area contributed by atoms with Gasteiger partial charge < -0.3 is 9.73 Å². The average molecular weight is 437 g/mol. The van der Waals surface area contributed by atoms with Gasteiger partial charge in [-0.05, 0) is 60.9 Å². The van der Waals surface area contributed by atoms with Gasteiger partial charge >= 0.3 is 0 Å². The normalized spacial score (nSPS) is 11.4. The zero-order valence-corrected chi connectivity index (χ0v) is 17.2. The van der Waals surface area contributed by atoms with Crippen LogP contribution in [0.5, 0.6) is 0 Å². The topological polar surface area (TPSA) is 88.4 Å². The Morgan fingerprint density at radius 1 is 1.14 bits per heavy atom. The molecule has 146 valence electrons. The minimum atomic E-state index is -3.93. The van der Waals surface area contributed by atoms with Crippen LogP contribution in [0.3, 0.4) is 0 Å². The van der Waals surface area contributed by atoms with Crippen LogP contribution < -0.4 is 10.0 Å². The lowest BCUT2D eigenvalue weighted by atomic mass is 10.2. The van der Waals surface area contributed by atoms with Crippen molar-refractivity contribution in [3.05, 3.63) is 77.2 Å². The first kappa shape index (κ1) is 20.5. The summed E-state index contributed by atoms with van der Waals surface area (Å²) in [6.07, 6.45) is 3.41. The number of hydrogen-bond donors (Lipinski definition) is 2. The maximum Gasteiger partial charge on any atom is 0.255 e. The molecule has 3 rings (SSSR count). The smallest absolute Gasteiger partial charge is 0.255 e. The van der Waals surface area contributed by atoms with Crippen molar-refractivity contribution in [2.45, 2.75) is 16.3 Å². The molecule has 0 saturated heterocycles. The molecule has 9 heteroatoms. The van der Waals surface area contributed by atoms with Crippen molar-refractivity contribution in [3.63, 3.8) is 0 Å². The minimum absolute atomic E-state index is 0.0211. The third kappa shape index (κ3) is 4.96. The summed E-state index contributed by atoms with van der Waals surface area (Å²) in [5.74, 6) is 0.0262. The van der Waals surface area contributed by atoms with E-state index in [1.54, 1.807) is 36.0 Å². The van der Waals surface area contributed by atoms with E-state index in [0.29, 0.717) is 11.4 Å². The summed E-state index contributed by atoms with van der Waals surface area (Å²) >= 11 is 7.66. The molecule has 0 aliphatic heterocycles. The second kappa shape index (κ2) is 8.83. The number of thioether (sulfide) groups is 1. The van der Waals surface area contributed by atoms with E-state index in [2.05, 4.69) is 10.0 Å². The van der Waals surface area contributed by atoms with Crippen LogP contribution in [0, 0.1) is 0 Å². The van der Waals surface area contributed by atoms with Gasteiger partial charge in [0.1, 0.15) is 10.7 Å². The number of nitrogens with one attached hydrogen (secondary N) is 2. The highest BCUT2D eigenvalue weighted by Gasteiger charge is 2.20. The van der Waals surface area contributed by atoms with Crippen LogP contribution in [0.1, 0.15) is 16.1 Å². The van der Waals surface area contributed by atoms with Crippen molar-refractivity contribution in [1.29, 1.82) is 0 Å². The fraction of sp³-hybridized carbons (Fsp3) is 0.105. The van der Waals surface area contributed by atoms with E-state index in [-0.39, 0.29) is 22.0 Å². The van der Waals surface area contributed by atoms with Crippen LogP contribution in [0.4, 0.5) is 5.69 Å². The number of sulfonamides is 1. The molecule has 2 aromatic carbocycles. The van der Waals surface area contributed by atoms with Gasteiger partial charge in [-0.1, -0.05) is 11.6 Å². The molecule has 1 aromatic heterocycles. The zero-order chi connectivity index (χ0) is 20.1. The summed E-state index contributed by atoms with van der Waals surface area (Å²) in [5, 5.41) is 2.76. The van der Waals surface area contributed by atoms with Crippen molar-refractivity contribution < 1.29 is 17.6 Å². The number of rotatable bonds is 7. The summed E-state index contributed by atoms with van der Waals surface area (Å²) in [6, 6.07) is 14.7. The first-order valence-electron chi connectivity index (χ1n) is 8.16. The molecule has 0 aliphatic rings. The molecule has 0 atom stereocenters. The summed E-state index contributed by atoms with van der Waals surface area (Å²) in [4.78, 5) is 13.4. The number of amides is 1. The SMILES string of the molecule is CSc1ccc(NC(=O)c2ccc(Cl)c(S(=O)(=O)NCc3ccco3)c2)cc1. The number of hydrogen-bond acceptors (Lipinski definition) is 5. The molecule has 1 heterocycles. The average Bonchev–Trinajstić information content (AvgIpc) is 3.21. The summed E-state index contributed by atoms with van der Waals surface area (Å²) < 4.78 is 32.7. The van der Waals surface area contributed by atoms with Crippen LogP contribution in [-0.2, 0) is 16.6 Å². The molecule has 6 nitrogen and oxygen atoms in total. The Morgan fingerprint density at radius 2 is 1.89 bits per heavy atom. The number of carbonyl (C=O) groups excluding carboxylic acids is 1. The van der Waals surface area contributed by atoms with Crippen molar-refractivity contribution >= 4 is 45.0 Å². The quantitative estimate of drug-likeness (QED) is 0.536. The van der Waals surface area contributed by atoms with Crippen molar-refractivity contribution in [2.75, 3.05) is 11.6 Å². The van der Waals surface area contributed by atoms with Gasteiger partial charge in [-0.25, -0.2) is 13.1 Å². The highest BCUT2D eigenvalue weighted by atomic mass is 35.5. The Bertz CT molecular complexity index is 1070. The fourth-order valence-electron chi connectivity index (χ4n) is 2.39. The van der Waals surface area contributed by atoms with Crippen LogP contribution in [0.2, 0.25) is 5.02 Å². The van der Waals surface area contributed by atoms with E-state index in [1.807, 2.05) is 18.4 Å². The van der Waals surface area contributed by atoms with Gasteiger partial charge in [0.05, 0.1) is 17.8 Å². The fourth-order valence-corrected chi connectivity index (χ4v) is 4.31. The van der Waals surface area contributed by atoms with Gasteiger partial charge in [-0.2, -0.15) is 0 Å². The lowest BCUT2D eigenvalue weighted by Crippen LogP contribution is -2.24. The molecule has 0 aliphatic carbocycles. The van der Waals surface area contributed by atoms with Crippen molar-refractivity contribution in [1.82, 2.24) is 4.72 Å². The van der Waals surface area contributed by atoms with E-state index in [4.69, 9.17) is 16.0 Å². The van der Waals surface area contributed by atoms with Crippen LogP contribution in [0.25, 0.3) is 0 Å². The summed E-state index contributed by atoms with van der Waals surface area (Å²) in [5.41, 5.74) is 0.787. The Balaban J connectivity index is 1.78. The largest absolute Gasteiger partial charge is 0.468 e. The van der Waals surface area contributed by atoms with Gasteiger partial charge in [0.25, 0.3) is 5.91 Å². The minimum Gasteiger partial charge on any atom is -0.468 e. The van der Waals surface area contributed by atoms with E-state index in [0.717, 1.165) is 4.90 Å². The molecular formula is C19H17ClN2O4S2. The van der Waals surface area contributed by atoms with E-state index < -0.39 is 15.9 Å². The Kier molecular flexibility index (Phi) is 6.46. The molecule has 0 fully saturated rings. The van der Waals surface area contributed by atoms with Crippen LogP contribution in [-0.4, -0.2) is 20.6 Å². The molecule has 0 radical (unpaired) electrons. The summed E-state index contributed by atoms with van der Waals surface area (Å²) in [6.45, 7) is -0.0239. The van der Waals surface area contributed by atoms with Gasteiger partial charge in [0.15, 0.2) is 0 Å². The van der Waals surface area contributed by atoms with Crippen molar-refractivity contribution in [3.8, 4) is 0 Å². The first-order valence-corrected chi connectivity index (χ1v) is 11.2. The maximum atomic E-state index is 12.6. The molecular weight excluding hydrogens is 420 g/mol. The van der Waals surface area contributed by atoms with Crippen molar-refractivity contribution in [2.24, 2.45) is 0 Å². The van der Waals surface area contributed by atoms with Gasteiger partial charge in [0.2, 0.25) is 10.0 Å². The first-order chi connectivity index (χ1) is 13.4. The second-order valence-corrected chi connectivity index (χ2v) is 8.75. The molecule has 0 saturated carbocycles. The monoisotopic (exact) mass is 436 g/mol. The predicted molar refractivity (Wildman–Crippen MR) is 110 cm³/mol. The Hall–Kier alpha value is -2.26. The van der Waals surface area contributed by atoms with Gasteiger partial charge in [-0.15, -0.1) is 11.8 Å². The lowest BCUT2D eigenvalue weighted by Gasteiger charge is -2.10. The third-order valence-electron chi connectivity index (χ3n) is 3.85. The molecule has 1 amide bonds. The molecule has 0 bridgehead atoms. The summed E-state index contributed by atoms with van der Waals surface area (Å²) in [7, 11) is -3.93.